The number of thioether (sulfide) groups is 1. The zero-order valence-corrected chi connectivity index (χ0v) is 13.6. The normalized spacial score (nSPS) is 23.8. The van der Waals surface area contributed by atoms with E-state index in [0.717, 1.165) is 25.3 Å². The first-order valence-corrected chi connectivity index (χ1v) is 8.23. The van der Waals surface area contributed by atoms with Gasteiger partial charge >= 0.3 is 0 Å². The van der Waals surface area contributed by atoms with E-state index in [1.807, 2.05) is 17.8 Å². The Morgan fingerprint density at radius 3 is 2.90 bits per heavy atom. The minimum atomic E-state index is 0.288. The molecule has 0 radical (unpaired) electrons. The van der Waals surface area contributed by atoms with E-state index in [2.05, 4.69) is 38.2 Å². The van der Waals surface area contributed by atoms with Crippen molar-refractivity contribution in [3.8, 4) is 5.75 Å². The van der Waals surface area contributed by atoms with Crippen molar-refractivity contribution in [3.63, 3.8) is 0 Å². The average molecular weight is 295 g/mol. The molecule has 0 spiro atoms. The van der Waals surface area contributed by atoms with E-state index in [1.54, 1.807) is 7.11 Å². The molecule has 1 aliphatic rings. The average Bonchev–Trinajstić information content (AvgIpc) is 2.84. The molecule has 20 heavy (non-hydrogen) atoms. The number of ether oxygens (including phenoxy) is 2. The Morgan fingerprint density at radius 2 is 2.30 bits per heavy atom. The van der Waals surface area contributed by atoms with Gasteiger partial charge in [-0.05, 0) is 38.9 Å². The van der Waals surface area contributed by atoms with Gasteiger partial charge in [-0.3, -0.25) is 0 Å². The zero-order valence-electron chi connectivity index (χ0n) is 12.8. The first kappa shape index (κ1) is 15.7. The lowest BCUT2D eigenvalue weighted by Crippen LogP contribution is -2.20. The maximum Gasteiger partial charge on any atom is 0.124 e. The summed E-state index contributed by atoms with van der Waals surface area (Å²) in [6.07, 6.45) is 1.45. The fraction of sp³-hybridized carbons (Fsp3) is 0.625. The summed E-state index contributed by atoms with van der Waals surface area (Å²) in [5.74, 6) is 0.968. The highest BCUT2D eigenvalue weighted by Crippen LogP contribution is 2.40. The smallest absolute Gasteiger partial charge is 0.124 e. The van der Waals surface area contributed by atoms with E-state index in [0.29, 0.717) is 11.4 Å². The second kappa shape index (κ2) is 7.34. The Kier molecular flexibility index (Phi) is 5.75. The Balaban J connectivity index is 2.26. The van der Waals surface area contributed by atoms with E-state index in [1.165, 1.54) is 10.5 Å². The molecule has 1 saturated heterocycles. The molecule has 1 aromatic rings. The van der Waals surface area contributed by atoms with E-state index in [4.69, 9.17) is 9.47 Å². The number of methoxy groups -OCH3 is 1. The molecule has 112 valence electrons. The van der Waals surface area contributed by atoms with Crippen molar-refractivity contribution in [1.29, 1.82) is 0 Å². The summed E-state index contributed by atoms with van der Waals surface area (Å²) in [6.45, 7) is 8.32. The highest BCUT2D eigenvalue weighted by atomic mass is 32.2. The lowest BCUT2D eigenvalue weighted by Gasteiger charge is -2.22. The van der Waals surface area contributed by atoms with Crippen LogP contribution >= 0.6 is 11.8 Å². The van der Waals surface area contributed by atoms with Gasteiger partial charge in [-0.1, -0.05) is 13.0 Å². The van der Waals surface area contributed by atoms with Crippen LogP contribution in [0.15, 0.2) is 23.1 Å². The molecule has 1 heterocycles. The van der Waals surface area contributed by atoms with Crippen molar-refractivity contribution in [2.24, 2.45) is 0 Å². The Hall–Kier alpha value is -0.710. The number of rotatable bonds is 6. The molecule has 2 rings (SSSR count). The van der Waals surface area contributed by atoms with Crippen LogP contribution in [0.4, 0.5) is 0 Å². The molecule has 3 atom stereocenters. The lowest BCUT2D eigenvalue weighted by atomic mass is 10.1. The minimum absolute atomic E-state index is 0.288. The molecular weight excluding hydrogens is 270 g/mol. The van der Waals surface area contributed by atoms with Crippen LogP contribution in [0.2, 0.25) is 0 Å². The van der Waals surface area contributed by atoms with Gasteiger partial charge in [-0.15, -0.1) is 11.8 Å². The number of nitrogens with one attached hydrogen (secondary N) is 1. The van der Waals surface area contributed by atoms with Crippen molar-refractivity contribution < 1.29 is 9.47 Å². The molecule has 3 unspecified atom stereocenters. The third-order valence-corrected chi connectivity index (χ3v) is 5.31. The van der Waals surface area contributed by atoms with Crippen LogP contribution in [0.25, 0.3) is 0 Å². The number of hydrogen-bond donors (Lipinski definition) is 1. The standard InChI is InChI=1S/C16H25NO2S/c1-5-17-11(2)16-13(18-4)7-6-8-15(16)20-14-9-10-19-12(14)3/h6-8,11-12,14,17H,5,9-10H2,1-4H3. The summed E-state index contributed by atoms with van der Waals surface area (Å²) in [4.78, 5) is 1.31. The fourth-order valence-electron chi connectivity index (χ4n) is 2.67. The number of benzene rings is 1. The summed E-state index contributed by atoms with van der Waals surface area (Å²) < 4.78 is 11.2. The van der Waals surface area contributed by atoms with Gasteiger partial charge in [0.1, 0.15) is 5.75 Å². The van der Waals surface area contributed by atoms with Gasteiger partial charge in [0.2, 0.25) is 0 Å². The molecule has 0 aromatic heterocycles. The van der Waals surface area contributed by atoms with Gasteiger partial charge in [0.15, 0.2) is 0 Å². The Morgan fingerprint density at radius 1 is 1.50 bits per heavy atom. The van der Waals surface area contributed by atoms with Crippen LogP contribution in [0, 0.1) is 0 Å². The summed E-state index contributed by atoms with van der Waals surface area (Å²) in [5, 5.41) is 4.03. The molecular formula is C16H25NO2S. The molecule has 0 aliphatic carbocycles. The SMILES string of the molecule is CCNC(C)c1c(OC)cccc1SC1CCOC1C. The summed E-state index contributed by atoms with van der Waals surface area (Å²) in [5.41, 5.74) is 1.26. The topological polar surface area (TPSA) is 30.5 Å². The van der Waals surface area contributed by atoms with Crippen molar-refractivity contribution in [3.05, 3.63) is 23.8 Å². The van der Waals surface area contributed by atoms with Gasteiger partial charge in [0, 0.05) is 28.4 Å². The Labute approximate surface area is 126 Å². The van der Waals surface area contributed by atoms with Crippen molar-refractivity contribution in [2.75, 3.05) is 20.3 Å². The fourth-order valence-corrected chi connectivity index (χ4v) is 4.04. The van der Waals surface area contributed by atoms with Crippen LogP contribution in [-0.2, 0) is 4.74 Å². The second-order valence-electron chi connectivity index (χ2n) is 5.17. The monoisotopic (exact) mass is 295 g/mol. The first-order chi connectivity index (χ1) is 9.67. The maximum atomic E-state index is 5.67. The van der Waals surface area contributed by atoms with Gasteiger partial charge < -0.3 is 14.8 Å². The molecule has 0 saturated carbocycles. The largest absolute Gasteiger partial charge is 0.496 e. The second-order valence-corrected chi connectivity index (χ2v) is 6.45. The lowest BCUT2D eigenvalue weighted by molar-refractivity contribution is 0.127. The quantitative estimate of drug-likeness (QED) is 0.868. The molecule has 1 aliphatic heterocycles. The van der Waals surface area contributed by atoms with Crippen LogP contribution < -0.4 is 10.1 Å². The molecule has 1 N–H and O–H groups in total. The van der Waals surface area contributed by atoms with E-state index < -0.39 is 0 Å². The van der Waals surface area contributed by atoms with Gasteiger partial charge in [-0.2, -0.15) is 0 Å². The van der Waals surface area contributed by atoms with Crippen LogP contribution in [0.3, 0.4) is 0 Å². The predicted octanol–water partition coefficient (Wildman–Crippen LogP) is 3.64. The van der Waals surface area contributed by atoms with Gasteiger partial charge in [-0.25, -0.2) is 0 Å². The van der Waals surface area contributed by atoms with E-state index in [9.17, 15) is 0 Å². The summed E-state index contributed by atoms with van der Waals surface area (Å²) in [7, 11) is 1.74. The van der Waals surface area contributed by atoms with Crippen LogP contribution in [0.1, 0.15) is 38.8 Å². The summed E-state index contributed by atoms with van der Waals surface area (Å²) >= 11 is 1.92. The molecule has 3 nitrogen and oxygen atoms in total. The zero-order chi connectivity index (χ0) is 14.5. The van der Waals surface area contributed by atoms with E-state index in [-0.39, 0.29) is 6.04 Å². The van der Waals surface area contributed by atoms with Gasteiger partial charge in [0.25, 0.3) is 0 Å². The minimum Gasteiger partial charge on any atom is -0.496 e. The number of hydrogen-bond acceptors (Lipinski definition) is 4. The highest BCUT2D eigenvalue weighted by Gasteiger charge is 2.27. The molecule has 0 bridgehead atoms. The van der Waals surface area contributed by atoms with Crippen molar-refractivity contribution in [1.82, 2.24) is 5.32 Å². The van der Waals surface area contributed by atoms with Gasteiger partial charge in [0.05, 0.1) is 13.2 Å². The maximum absolute atomic E-state index is 5.67. The molecule has 0 amide bonds. The summed E-state index contributed by atoms with van der Waals surface area (Å²) in [6, 6.07) is 6.60. The van der Waals surface area contributed by atoms with Crippen LogP contribution in [-0.4, -0.2) is 31.6 Å². The molecule has 4 heteroatoms. The first-order valence-electron chi connectivity index (χ1n) is 7.35. The Bertz CT molecular complexity index is 438. The third-order valence-electron chi connectivity index (χ3n) is 3.77. The molecule has 1 fully saturated rings. The molecule has 1 aromatic carbocycles. The van der Waals surface area contributed by atoms with Crippen molar-refractivity contribution in [2.45, 2.75) is 49.5 Å². The highest BCUT2D eigenvalue weighted by molar-refractivity contribution is 8.00. The van der Waals surface area contributed by atoms with Crippen molar-refractivity contribution >= 4 is 11.8 Å². The van der Waals surface area contributed by atoms with Crippen LogP contribution in [0.5, 0.6) is 5.75 Å². The van der Waals surface area contributed by atoms with E-state index >= 15 is 0 Å². The third kappa shape index (κ3) is 3.48. The predicted molar refractivity (Wildman–Crippen MR) is 84.8 cm³/mol.